The number of hydrogen-bond donors (Lipinski definition) is 2. The summed E-state index contributed by atoms with van der Waals surface area (Å²) < 4.78 is 12.4. The van der Waals surface area contributed by atoms with Crippen LogP contribution in [-0.2, 0) is 9.31 Å². The van der Waals surface area contributed by atoms with Gasteiger partial charge in [0.1, 0.15) is 5.75 Å². The predicted octanol–water partition coefficient (Wildman–Crippen LogP) is 3.78. The van der Waals surface area contributed by atoms with E-state index in [-0.39, 0.29) is 5.75 Å². The predicted molar refractivity (Wildman–Crippen MR) is 104 cm³/mol. The van der Waals surface area contributed by atoms with Gasteiger partial charge in [-0.05, 0) is 57.1 Å². The maximum absolute atomic E-state index is 10.4. The first kappa shape index (κ1) is 18.0. The highest BCUT2D eigenvalue weighted by atomic mass is 16.7. The van der Waals surface area contributed by atoms with E-state index in [4.69, 9.17) is 9.31 Å². The van der Waals surface area contributed by atoms with Crippen molar-refractivity contribution in [3.05, 3.63) is 47.4 Å². The van der Waals surface area contributed by atoms with E-state index in [2.05, 4.69) is 5.32 Å². The molecule has 3 rings (SSSR count). The molecule has 0 aromatic heterocycles. The van der Waals surface area contributed by atoms with E-state index in [1.165, 1.54) is 0 Å². The first-order valence-electron chi connectivity index (χ1n) is 8.66. The van der Waals surface area contributed by atoms with Gasteiger partial charge in [-0.3, -0.25) is 0 Å². The van der Waals surface area contributed by atoms with Gasteiger partial charge in [-0.25, -0.2) is 0 Å². The summed E-state index contributed by atoms with van der Waals surface area (Å²) in [7, 11) is 1.44. The fourth-order valence-corrected chi connectivity index (χ4v) is 3.02. The molecule has 2 aromatic rings. The van der Waals surface area contributed by atoms with Crippen LogP contribution in [0.5, 0.6) is 5.75 Å². The normalized spacial score (nSPS) is 19.6. The Labute approximate surface area is 150 Å². The van der Waals surface area contributed by atoms with Crippen LogP contribution >= 0.6 is 0 Å². The third kappa shape index (κ3) is 3.32. The zero-order valence-electron chi connectivity index (χ0n) is 15.6. The topological polar surface area (TPSA) is 50.7 Å². The Balaban J connectivity index is 2.07. The molecular weight excluding hydrogens is 313 g/mol. The number of likely N-dealkylation sites (N-methyl/N-ethyl adjacent to an activating group) is 1. The Morgan fingerprint density at radius 2 is 1.72 bits per heavy atom. The third-order valence-corrected chi connectivity index (χ3v) is 5.21. The smallest absolute Gasteiger partial charge is 0.491 e. The first-order chi connectivity index (χ1) is 11.7. The molecule has 1 aliphatic heterocycles. The molecule has 0 atom stereocenters. The van der Waals surface area contributed by atoms with E-state index in [1.807, 2.05) is 71.2 Å². The minimum absolute atomic E-state index is 0.254. The van der Waals surface area contributed by atoms with E-state index in [1.54, 1.807) is 6.07 Å². The number of benzene rings is 2. The summed E-state index contributed by atoms with van der Waals surface area (Å²) in [5.41, 5.74) is 0.946. The summed E-state index contributed by atoms with van der Waals surface area (Å²) >= 11 is 0. The average Bonchev–Trinajstić information content (AvgIpc) is 2.77. The van der Waals surface area contributed by atoms with E-state index in [0.29, 0.717) is 6.54 Å². The minimum atomic E-state index is -0.448. The van der Waals surface area contributed by atoms with Crippen LogP contribution in [0.2, 0.25) is 0 Å². The molecule has 0 bridgehead atoms. The summed E-state index contributed by atoms with van der Waals surface area (Å²) in [6.07, 6.45) is 1.98. The van der Waals surface area contributed by atoms with Crippen molar-refractivity contribution in [2.24, 2.45) is 0 Å². The van der Waals surface area contributed by atoms with Crippen molar-refractivity contribution in [1.29, 1.82) is 0 Å². The van der Waals surface area contributed by atoms with E-state index in [0.717, 1.165) is 21.8 Å². The summed E-state index contributed by atoms with van der Waals surface area (Å²) in [6.45, 7) is 8.77. The van der Waals surface area contributed by atoms with Gasteiger partial charge < -0.3 is 19.7 Å². The highest BCUT2D eigenvalue weighted by Crippen LogP contribution is 2.39. The molecule has 25 heavy (non-hydrogen) atoms. The van der Waals surface area contributed by atoms with Crippen molar-refractivity contribution in [2.45, 2.75) is 38.9 Å². The van der Waals surface area contributed by atoms with Gasteiger partial charge in [-0.15, -0.1) is 0 Å². The maximum atomic E-state index is 10.4. The van der Waals surface area contributed by atoms with Gasteiger partial charge in [-0.1, -0.05) is 36.4 Å². The standard InChI is InChI=1S/C20H26BNO3/c1-19(2)20(3,4)25-21(24-19)15(13-22-5)12-17-16-9-7-6-8-14(16)10-11-18(17)23/h6-12,22-23H,13H2,1-5H3. The Hall–Kier alpha value is -1.82. The number of nitrogens with one attached hydrogen (secondary N) is 1. The molecular formula is C20H26BNO3. The molecule has 0 radical (unpaired) electrons. The van der Waals surface area contributed by atoms with Crippen LogP contribution in [0.1, 0.15) is 33.3 Å². The molecule has 5 heteroatoms. The molecule has 1 saturated heterocycles. The quantitative estimate of drug-likeness (QED) is 0.833. The molecule has 2 N–H and O–H groups in total. The van der Waals surface area contributed by atoms with Crippen molar-refractivity contribution in [2.75, 3.05) is 13.6 Å². The molecule has 1 aliphatic rings. The number of rotatable bonds is 4. The highest BCUT2D eigenvalue weighted by molar-refractivity contribution is 6.56. The second-order valence-electron chi connectivity index (χ2n) is 7.56. The van der Waals surface area contributed by atoms with Crippen LogP contribution in [0.3, 0.4) is 0 Å². The van der Waals surface area contributed by atoms with Crippen molar-refractivity contribution >= 4 is 24.0 Å². The molecule has 0 spiro atoms. The van der Waals surface area contributed by atoms with Gasteiger partial charge in [0.05, 0.1) is 11.2 Å². The molecule has 0 saturated carbocycles. The zero-order chi connectivity index (χ0) is 18.2. The fourth-order valence-electron chi connectivity index (χ4n) is 3.02. The van der Waals surface area contributed by atoms with Gasteiger partial charge in [0, 0.05) is 12.1 Å². The Kier molecular flexibility index (Phi) is 4.67. The highest BCUT2D eigenvalue weighted by Gasteiger charge is 2.52. The van der Waals surface area contributed by atoms with Crippen LogP contribution in [0.4, 0.5) is 0 Å². The first-order valence-corrected chi connectivity index (χ1v) is 8.66. The van der Waals surface area contributed by atoms with Crippen LogP contribution in [0.25, 0.3) is 16.8 Å². The number of phenolic OH excluding ortho intramolecular Hbond substituents is 1. The molecule has 0 unspecified atom stereocenters. The molecule has 2 aromatic carbocycles. The summed E-state index contributed by atoms with van der Waals surface area (Å²) in [5, 5.41) is 15.7. The Morgan fingerprint density at radius 3 is 2.36 bits per heavy atom. The van der Waals surface area contributed by atoms with Gasteiger partial charge >= 0.3 is 7.12 Å². The Bertz CT molecular complexity index is 798. The lowest BCUT2D eigenvalue weighted by molar-refractivity contribution is 0.00578. The molecule has 0 aliphatic carbocycles. The number of phenols is 1. The van der Waals surface area contributed by atoms with Crippen molar-refractivity contribution in [3.63, 3.8) is 0 Å². The zero-order valence-corrected chi connectivity index (χ0v) is 15.6. The lowest BCUT2D eigenvalue weighted by atomic mass is 9.76. The van der Waals surface area contributed by atoms with Gasteiger partial charge in [0.15, 0.2) is 0 Å². The number of aromatic hydroxyl groups is 1. The van der Waals surface area contributed by atoms with E-state index < -0.39 is 18.3 Å². The van der Waals surface area contributed by atoms with E-state index >= 15 is 0 Å². The van der Waals surface area contributed by atoms with Gasteiger partial charge in [-0.2, -0.15) is 0 Å². The monoisotopic (exact) mass is 339 g/mol. The van der Waals surface area contributed by atoms with E-state index in [9.17, 15) is 5.11 Å². The van der Waals surface area contributed by atoms with Gasteiger partial charge in [0.2, 0.25) is 0 Å². The fraction of sp³-hybridized carbons (Fsp3) is 0.400. The van der Waals surface area contributed by atoms with Crippen LogP contribution in [0.15, 0.2) is 41.9 Å². The van der Waals surface area contributed by atoms with Crippen molar-refractivity contribution < 1.29 is 14.4 Å². The molecule has 1 heterocycles. The van der Waals surface area contributed by atoms with Crippen LogP contribution in [-0.4, -0.2) is 37.0 Å². The van der Waals surface area contributed by atoms with Gasteiger partial charge in [0.25, 0.3) is 0 Å². The third-order valence-electron chi connectivity index (χ3n) is 5.21. The van der Waals surface area contributed by atoms with Crippen molar-refractivity contribution in [1.82, 2.24) is 5.32 Å². The minimum Gasteiger partial charge on any atom is -0.507 e. The van der Waals surface area contributed by atoms with Crippen LogP contribution < -0.4 is 5.32 Å². The molecule has 4 nitrogen and oxygen atoms in total. The summed E-state index contributed by atoms with van der Waals surface area (Å²) in [6, 6.07) is 11.7. The lowest BCUT2D eigenvalue weighted by Gasteiger charge is -2.32. The number of hydrogen-bond acceptors (Lipinski definition) is 4. The van der Waals surface area contributed by atoms with Crippen LogP contribution in [0, 0.1) is 0 Å². The molecule has 132 valence electrons. The molecule has 0 amide bonds. The second kappa shape index (κ2) is 6.48. The SMILES string of the molecule is CNCC(=Cc1c(O)ccc2ccccc12)B1OC(C)(C)C(C)(C)O1. The Morgan fingerprint density at radius 1 is 1.08 bits per heavy atom. The maximum Gasteiger partial charge on any atom is 0.491 e. The van der Waals surface area contributed by atoms with Crippen molar-refractivity contribution in [3.8, 4) is 5.75 Å². The lowest BCUT2D eigenvalue weighted by Crippen LogP contribution is -2.41. The average molecular weight is 339 g/mol. The summed E-state index contributed by atoms with van der Waals surface area (Å²) in [5.74, 6) is 0.254. The molecule has 1 fully saturated rings. The number of fused-ring (bicyclic) bond motifs is 1. The largest absolute Gasteiger partial charge is 0.507 e. The summed E-state index contributed by atoms with van der Waals surface area (Å²) in [4.78, 5) is 0. The second-order valence-corrected chi connectivity index (χ2v) is 7.56.